The molecule has 0 bridgehead atoms. The van der Waals surface area contributed by atoms with Crippen molar-refractivity contribution in [1.29, 1.82) is 0 Å². The van der Waals surface area contributed by atoms with E-state index >= 15 is 0 Å². The number of piperazine rings is 1. The van der Waals surface area contributed by atoms with Crippen LogP contribution in [0, 0.1) is 5.82 Å². The summed E-state index contributed by atoms with van der Waals surface area (Å²) in [7, 11) is 0. The van der Waals surface area contributed by atoms with Crippen LogP contribution >= 0.6 is 22.9 Å². The van der Waals surface area contributed by atoms with E-state index in [2.05, 4.69) is 25.9 Å². The van der Waals surface area contributed by atoms with E-state index in [0.29, 0.717) is 17.2 Å². The Morgan fingerprint density at radius 1 is 1.12 bits per heavy atom. The molecule has 0 aliphatic carbocycles. The summed E-state index contributed by atoms with van der Waals surface area (Å²) >= 11 is 7.61. The van der Waals surface area contributed by atoms with E-state index < -0.39 is 0 Å². The molecule has 2 aromatic heterocycles. The largest absolute Gasteiger partial charge is 0.492 e. The van der Waals surface area contributed by atoms with Crippen LogP contribution in [0.15, 0.2) is 48.5 Å². The molecule has 1 aliphatic heterocycles. The molecule has 0 radical (unpaired) electrons. The lowest BCUT2D eigenvalue weighted by Crippen LogP contribution is -2.47. The van der Waals surface area contributed by atoms with Gasteiger partial charge in [0.25, 0.3) is 0 Å². The molecule has 3 heterocycles. The highest BCUT2D eigenvalue weighted by atomic mass is 35.5. The highest BCUT2D eigenvalue weighted by molar-refractivity contribution is 7.17. The molecule has 1 N–H and O–H groups in total. The Kier molecular flexibility index (Phi) is 5.75. The van der Waals surface area contributed by atoms with Crippen molar-refractivity contribution in [1.82, 2.24) is 19.5 Å². The van der Waals surface area contributed by atoms with Gasteiger partial charge in [0.15, 0.2) is 5.82 Å². The first-order valence-corrected chi connectivity index (χ1v) is 11.8. The number of aryl methyl sites for hydroxylation is 1. The van der Waals surface area contributed by atoms with Crippen LogP contribution < -0.4 is 4.90 Å². The third-order valence-corrected chi connectivity index (χ3v) is 7.15. The molecule has 0 spiro atoms. The first-order chi connectivity index (χ1) is 15.5. The molecular weight excluding hydrogens is 449 g/mol. The third kappa shape index (κ3) is 3.94. The monoisotopic (exact) mass is 471 g/mol. The second-order valence-corrected chi connectivity index (χ2v) is 9.27. The molecule has 1 fully saturated rings. The molecule has 32 heavy (non-hydrogen) atoms. The fraction of sp³-hybridized carbons (Fsp3) is 0.304. The minimum Gasteiger partial charge on any atom is -0.492 e. The molecule has 166 valence electrons. The zero-order valence-electron chi connectivity index (χ0n) is 17.6. The molecule has 0 amide bonds. The fourth-order valence-electron chi connectivity index (χ4n) is 4.20. The second-order valence-electron chi connectivity index (χ2n) is 7.82. The minimum atomic E-state index is -0.280. The Bertz CT molecular complexity index is 1230. The van der Waals surface area contributed by atoms with Gasteiger partial charge in [0.1, 0.15) is 5.82 Å². The first kappa shape index (κ1) is 21.2. The van der Waals surface area contributed by atoms with Gasteiger partial charge in [-0.3, -0.25) is 4.90 Å². The number of rotatable bonds is 5. The van der Waals surface area contributed by atoms with Crippen LogP contribution in [0.5, 0.6) is 5.88 Å². The fourth-order valence-corrected chi connectivity index (χ4v) is 5.52. The van der Waals surface area contributed by atoms with Gasteiger partial charge in [-0.15, -0.1) is 5.10 Å². The number of aromatic nitrogens is 3. The van der Waals surface area contributed by atoms with Crippen molar-refractivity contribution in [3.05, 3.63) is 75.6 Å². The summed E-state index contributed by atoms with van der Waals surface area (Å²) in [5.41, 5.74) is 2.03. The molecule has 6 nitrogen and oxygen atoms in total. The lowest BCUT2D eigenvalue weighted by atomic mass is 10.0. The normalized spacial score (nSPS) is 16.0. The molecule has 9 heteroatoms. The molecule has 0 saturated carbocycles. The Hall–Kier alpha value is -2.68. The van der Waals surface area contributed by atoms with Crippen LogP contribution in [-0.4, -0.2) is 50.8 Å². The van der Waals surface area contributed by atoms with Crippen LogP contribution in [0.25, 0.3) is 4.96 Å². The molecule has 1 unspecified atom stereocenters. The predicted octanol–water partition coefficient (Wildman–Crippen LogP) is 4.76. The molecule has 4 aromatic rings. The maximum atomic E-state index is 13.6. The summed E-state index contributed by atoms with van der Waals surface area (Å²) in [6, 6.07) is 14.2. The second kappa shape index (κ2) is 8.69. The maximum Gasteiger partial charge on any atom is 0.230 e. The van der Waals surface area contributed by atoms with Gasteiger partial charge in [-0.2, -0.15) is 4.52 Å². The van der Waals surface area contributed by atoms with E-state index in [1.54, 1.807) is 12.1 Å². The van der Waals surface area contributed by atoms with Crippen molar-refractivity contribution in [2.24, 2.45) is 0 Å². The average Bonchev–Trinajstić information content (AvgIpc) is 3.35. The van der Waals surface area contributed by atoms with E-state index in [9.17, 15) is 9.50 Å². The summed E-state index contributed by atoms with van der Waals surface area (Å²) in [5.74, 6) is 0.521. The van der Waals surface area contributed by atoms with Crippen molar-refractivity contribution in [3.63, 3.8) is 0 Å². The van der Waals surface area contributed by atoms with Gasteiger partial charge in [-0.1, -0.05) is 48.1 Å². The summed E-state index contributed by atoms with van der Waals surface area (Å²) in [5, 5.41) is 16.2. The van der Waals surface area contributed by atoms with Gasteiger partial charge in [-0.05, 0) is 35.9 Å². The van der Waals surface area contributed by atoms with Crippen LogP contribution in [-0.2, 0) is 6.42 Å². The van der Waals surface area contributed by atoms with Crippen molar-refractivity contribution in [3.8, 4) is 5.88 Å². The molecule has 1 saturated heterocycles. The number of hydrogen-bond donors (Lipinski definition) is 1. The SMILES string of the molecule is CCc1nc2sc(C(c3ccc(F)cc3)N3CCN(c4cccc(Cl)c4)CC3)c(O)n2n1. The maximum absolute atomic E-state index is 13.6. The van der Waals surface area contributed by atoms with Gasteiger partial charge >= 0.3 is 0 Å². The van der Waals surface area contributed by atoms with Crippen molar-refractivity contribution < 1.29 is 9.50 Å². The number of fused-ring (bicyclic) bond motifs is 1. The van der Waals surface area contributed by atoms with Crippen LogP contribution in [0.2, 0.25) is 5.02 Å². The lowest BCUT2D eigenvalue weighted by Gasteiger charge is -2.40. The Morgan fingerprint density at radius 2 is 1.88 bits per heavy atom. The quantitative estimate of drug-likeness (QED) is 0.454. The number of thiazole rings is 1. The average molecular weight is 472 g/mol. The van der Waals surface area contributed by atoms with Crippen LogP contribution in [0.1, 0.15) is 29.2 Å². The van der Waals surface area contributed by atoms with Crippen LogP contribution in [0.4, 0.5) is 10.1 Å². The first-order valence-electron chi connectivity index (χ1n) is 10.6. The zero-order chi connectivity index (χ0) is 22.2. The highest BCUT2D eigenvalue weighted by Gasteiger charge is 2.32. The zero-order valence-corrected chi connectivity index (χ0v) is 19.2. The Morgan fingerprint density at radius 3 is 2.53 bits per heavy atom. The Labute approximate surface area is 194 Å². The van der Waals surface area contributed by atoms with E-state index in [1.165, 1.54) is 28.0 Å². The number of halogens is 2. The molecule has 1 atom stereocenters. The van der Waals surface area contributed by atoms with Gasteiger partial charge in [-0.25, -0.2) is 9.37 Å². The standard InChI is InChI=1S/C23H23ClFN5OS/c1-2-19-26-23-30(27-19)22(31)21(32-23)20(15-6-8-17(25)9-7-15)29-12-10-28(11-13-29)18-5-3-4-16(24)14-18/h3-9,14,20,31H,2,10-13H2,1H3. The predicted molar refractivity (Wildman–Crippen MR) is 125 cm³/mol. The lowest BCUT2D eigenvalue weighted by molar-refractivity contribution is 0.211. The third-order valence-electron chi connectivity index (χ3n) is 5.85. The van der Waals surface area contributed by atoms with Gasteiger partial charge < -0.3 is 10.0 Å². The number of nitrogens with zero attached hydrogens (tertiary/aromatic N) is 5. The van der Waals surface area contributed by atoms with Crippen molar-refractivity contribution in [2.75, 3.05) is 31.1 Å². The van der Waals surface area contributed by atoms with Gasteiger partial charge in [0, 0.05) is 43.3 Å². The topological polar surface area (TPSA) is 56.9 Å². The van der Waals surface area contributed by atoms with Gasteiger partial charge in [0.2, 0.25) is 10.8 Å². The van der Waals surface area contributed by atoms with Gasteiger partial charge in [0.05, 0.1) is 10.9 Å². The number of anilines is 1. The summed E-state index contributed by atoms with van der Waals surface area (Å²) in [6.07, 6.45) is 0.704. The molecule has 1 aliphatic rings. The van der Waals surface area contributed by atoms with Crippen molar-refractivity contribution >= 4 is 33.6 Å². The van der Waals surface area contributed by atoms with E-state index in [4.69, 9.17) is 11.6 Å². The molecule has 2 aromatic carbocycles. The number of aromatic hydroxyl groups is 1. The molecular formula is C23H23ClFN5OS. The summed E-state index contributed by atoms with van der Waals surface area (Å²) in [6.45, 7) is 5.18. The smallest absolute Gasteiger partial charge is 0.230 e. The van der Waals surface area contributed by atoms with E-state index in [1.807, 2.05) is 25.1 Å². The van der Waals surface area contributed by atoms with E-state index in [-0.39, 0.29) is 17.7 Å². The van der Waals surface area contributed by atoms with Crippen molar-refractivity contribution in [2.45, 2.75) is 19.4 Å². The van der Waals surface area contributed by atoms with Crippen LogP contribution in [0.3, 0.4) is 0 Å². The molecule has 5 rings (SSSR count). The minimum absolute atomic E-state index is 0.101. The highest BCUT2D eigenvalue weighted by Crippen LogP contribution is 2.40. The van der Waals surface area contributed by atoms with E-state index in [0.717, 1.165) is 47.3 Å². The summed E-state index contributed by atoms with van der Waals surface area (Å²) in [4.78, 5) is 10.6. The summed E-state index contributed by atoms with van der Waals surface area (Å²) < 4.78 is 15.2. The Balaban J connectivity index is 1.47. The number of benzene rings is 2. The number of hydrogen-bond acceptors (Lipinski definition) is 6.